The van der Waals surface area contributed by atoms with E-state index in [2.05, 4.69) is 9.97 Å². The number of aromatic nitrogens is 2. The molecule has 6 heteroatoms. The zero-order valence-electron chi connectivity index (χ0n) is 7.83. The van der Waals surface area contributed by atoms with E-state index in [0.29, 0.717) is 5.75 Å². The van der Waals surface area contributed by atoms with Gasteiger partial charge in [0.2, 0.25) is 0 Å². The van der Waals surface area contributed by atoms with Crippen LogP contribution < -0.4 is 0 Å². The van der Waals surface area contributed by atoms with Gasteiger partial charge in [0.05, 0.1) is 12.7 Å². The molecule has 2 aromatic heterocycles. The Bertz CT molecular complexity index is 446. The van der Waals surface area contributed by atoms with Crippen LogP contribution >= 0.6 is 23.1 Å². The van der Waals surface area contributed by atoms with Crippen LogP contribution in [-0.2, 0) is 0 Å². The molecule has 0 aliphatic heterocycles. The van der Waals surface area contributed by atoms with Gasteiger partial charge in [0.25, 0.3) is 0 Å². The molecular weight excluding hydrogens is 232 g/mol. The van der Waals surface area contributed by atoms with E-state index in [9.17, 15) is 5.11 Å². The van der Waals surface area contributed by atoms with Crippen molar-refractivity contribution in [3.05, 3.63) is 17.8 Å². The molecule has 2 N–H and O–H groups in total. The van der Waals surface area contributed by atoms with Crippen LogP contribution in [0.15, 0.2) is 22.8 Å². The number of aliphatic hydroxyl groups is 2. The van der Waals surface area contributed by atoms with Gasteiger partial charge in [0.15, 0.2) is 0 Å². The molecule has 2 aromatic rings. The number of hydrogen-bond donors (Lipinski definition) is 2. The number of rotatable bonds is 4. The number of nitrogens with zero attached hydrogens (tertiary/aromatic N) is 2. The molecule has 0 bridgehead atoms. The predicted molar refractivity (Wildman–Crippen MR) is 61.2 cm³/mol. The molecule has 0 aromatic carbocycles. The molecule has 80 valence electrons. The standard InChI is InChI=1S/C9H10N2O2S2/c12-3-6(13)4-15-9-7-1-2-14-8(7)10-5-11-9/h1-2,5-6,12-13H,3-4H2. The second kappa shape index (κ2) is 4.89. The van der Waals surface area contributed by atoms with Gasteiger partial charge in [-0.15, -0.1) is 23.1 Å². The predicted octanol–water partition coefficient (Wildman–Crippen LogP) is 1.14. The number of thioether (sulfide) groups is 1. The normalized spacial score (nSPS) is 13.2. The van der Waals surface area contributed by atoms with Crippen molar-refractivity contribution in [1.82, 2.24) is 9.97 Å². The van der Waals surface area contributed by atoms with Crippen LogP contribution in [-0.4, -0.2) is 38.6 Å². The van der Waals surface area contributed by atoms with Crippen LogP contribution in [0.5, 0.6) is 0 Å². The van der Waals surface area contributed by atoms with Crippen LogP contribution in [0.25, 0.3) is 10.2 Å². The average Bonchev–Trinajstić information content (AvgIpc) is 2.74. The summed E-state index contributed by atoms with van der Waals surface area (Å²) in [6.07, 6.45) is 0.825. The molecule has 1 atom stereocenters. The van der Waals surface area contributed by atoms with E-state index in [-0.39, 0.29) is 6.61 Å². The summed E-state index contributed by atoms with van der Waals surface area (Å²) in [5.41, 5.74) is 0. The lowest BCUT2D eigenvalue weighted by Crippen LogP contribution is -2.14. The monoisotopic (exact) mass is 242 g/mol. The molecule has 0 fully saturated rings. The van der Waals surface area contributed by atoms with Gasteiger partial charge in [0, 0.05) is 11.1 Å². The summed E-state index contributed by atoms with van der Waals surface area (Å²) in [4.78, 5) is 9.23. The second-order valence-corrected chi connectivity index (χ2v) is 4.87. The quantitative estimate of drug-likeness (QED) is 0.621. The number of aliphatic hydroxyl groups excluding tert-OH is 2. The highest BCUT2D eigenvalue weighted by Gasteiger charge is 2.08. The number of hydrogen-bond acceptors (Lipinski definition) is 6. The number of fused-ring (bicyclic) bond motifs is 1. The van der Waals surface area contributed by atoms with Crippen LogP contribution in [0.1, 0.15) is 0 Å². The molecule has 0 amide bonds. The van der Waals surface area contributed by atoms with Gasteiger partial charge in [-0.3, -0.25) is 0 Å². The lowest BCUT2D eigenvalue weighted by Gasteiger charge is -2.05. The van der Waals surface area contributed by atoms with Crippen LogP contribution in [0.2, 0.25) is 0 Å². The Morgan fingerprint density at radius 2 is 2.33 bits per heavy atom. The van der Waals surface area contributed by atoms with Crippen molar-refractivity contribution in [3.63, 3.8) is 0 Å². The first kappa shape index (κ1) is 10.8. The second-order valence-electron chi connectivity index (χ2n) is 2.97. The molecule has 4 nitrogen and oxygen atoms in total. The topological polar surface area (TPSA) is 66.2 Å². The summed E-state index contributed by atoms with van der Waals surface area (Å²) in [5, 5.41) is 21.8. The minimum atomic E-state index is -0.696. The Labute approximate surface area is 95.0 Å². The van der Waals surface area contributed by atoms with E-state index in [1.807, 2.05) is 11.4 Å². The van der Waals surface area contributed by atoms with Crippen molar-refractivity contribution < 1.29 is 10.2 Å². The van der Waals surface area contributed by atoms with Gasteiger partial charge in [-0.1, -0.05) is 0 Å². The van der Waals surface area contributed by atoms with Gasteiger partial charge in [-0.25, -0.2) is 9.97 Å². The Balaban J connectivity index is 2.17. The molecule has 2 heterocycles. The lowest BCUT2D eigenvalue weighted by atomic mass is 10.4. The summed E-state index contributed by atoms with van der Waals surface area (Å²) in [7, 11) is 0. The summed E-state index contributed by atoms with van der Waals surface area (Å²) in [6.45, 7) is -0.217. The molecule has 0 radical (unpaired) electrons. The third-order valence-corrected chi connectivity index (χ3v) is 3.82. The molecule has 0 aliphatic rings. The van der Waals surface area contributed by atoms with Gasteiger partial charge < -0.3 is 10.2 Å². The maximum Gasteiger partial charge on any atom is 0.127 e. The maximum absolute atomic E-state index is 9.23. The third-order valence-electron chi connectivity index (χ3n) is 1.85. The summed E-state index contributed by atoms with van der Waals surface area (Å²) in [6, 6.07) is 1.97. The van der Waals surface area contributed by atoms with Gasteiger partial charge >= 0.3 is 0 Å². The first-order valence-corrected chi connectivity index (χ1v) is 6.27. The molecular formula is C9H10N2O2S2. The zero-order chi connectivity index (χ0) is 10.7. The Hall–Kier alpha value is -0.690. The fraction of sp³-hybridized carbons (Fsp3) is 0.333. The fourth-order valence-electron chi connectivity index (χ4n) is 1.11. The highest BCUT2D eigenvalue weighted by Crippen LogP contribution is 2.27. The average molecular weight is 242 g/mol. The molecule has 2 rings (SSSR count). The Kier molecular flexibility index (Phi) is 3.53. The summed E-state index contributed by atoms with van der Waals surface area (Å²) >= 11 is 3.00. The first-order valence-electron chi connectivity index (χ1n) is 4.41. The Morgan fingerprint density at radius 3 is 3.13 bits per heavy atom. The fourth-order valence-corrected chi connectivity index (χ4v) is 2.81. The smallest absolute Gasteiger partial charge is 0.127 e. The van der Waals surface area contributed by atoms with Crippen molar-refractivity contribution in [3.8, 4) is 0 Å². The third kappa shape index (κ3) is 2.46. The zero-order valence-corrected chi connectivity index (χ0v) is 9.46. The lowest BCUT2D eigenvalue weighted by molar-refractivity contribution is 0.113. The Morgan fingerprint density at radius 1 is 1.47 bits per heavy atom. The first-order chi connectivity index (χ1) is 7.31. The van der Waals surface area contributed by atoms with E-state index in [4.69, 9.17) is 5.11 Å². The molecule has 0 saturated carbocycles. The molecule has 0 aliphatic carbocycles. The molecule has 15 heavy (non-hydrogen) atoms. The molecule has 0 saturated heterocycles. The van der Waals surface area contributed by atoms with Gasteiger partial charge in [-0.2, -0.15) is 0 Å². The van der Waals surface area contributed by atoms with E-state index in [1.165, 1.54) is 18.1 Å². The van der Waals surface area contributed by atoms with Gasteiger partial charge in [0.1, 0.15) is 16.2 Å². The minimum Gasteiger partial charge on any atom is -0.394 e. The van der Waals surface area contributed by atoms with Crippen molar-refractivity contribution in [1.29, 1.82) is 0 Å². The van der Waals surface area contributed by atoms with Gasteiger partial charge in [-0.05, 0) is 11.4 Å². The maximum atomic E-state index is 9.23. The summed E-state index contributed by atoms with van der Waals surface area (Å²) < 4.78 is 0. The highest BCUT2D eigenvalue weighted by molar-refractivity contribution is 7.99. The van der Waals surface area contributed by atoms with E-state index >= 15 is 0 Å². The summed E-state index contributed by atoms with van der Waals surface area (Å²) in [5.74, 6) is 0.443. The van der Waals surface area contributed by atoms with Crippen LogP contribution in [0.4, 0.5) is 0 Å². The SMILES string of the molecule is OCC(O)CSc1ncnc2sccc12. The molecule has 0 spiro atoms. The van der Waals surface area contributed by atoms with Crippen LogP contribution in [0.3, 0.4) is 0 Å². The van der Waals surface area contributed by atoms with E-state index in [0.717, 1.165) is 15.2 Å². The van der Waals surface area contributed by atoms with E-state index in [1.54, 1.807) is 11.3 Å². The van der Waals surface area contributed by atoms with Crippen LogP contribution in [0, 0.1) is 0 Å². The van der Waals surface area contributed by atoms with Crippen molar-refractivity contribution >= 4 is 33.3 Å². The van der Waals surface area contributed by atoms with Crippen molar-refractivity contribution in [2.24, 2.45) is 0 Å². The number of thiophene rings is 1. The van der Waals surface area contributed by atoms with E-state index < -0.39 is 6.10 Å². The largest absolute Gasteiger partial charge is 0.394 e. The van der Waals surface area contributed by atoms with Crippen molar-refractivity contribution in [2.45, 2.75) is 11.1 Å². The molecule has 1 unspecified atom stereocenters. The minimum absolute atomic E-state index is 0.217. The highest BCUT2D eigenvalue weighted by atomic mass is 32.2. The van der Waals surface area contributed by atoms with Crippen molar-refractivity contribution in [2.75, 3.05) is 12.4 Å².